The fraction of sp³-hybridized carbons (Fsp3) is 0. The molecule has 0 radical (unpaired) electrons. The van der Waals surface area contributed by atoms with Crippen molar-refractivity contribution < 1.29 is 9.90 Å². The minimum absolute atomic E-state index is 0.0373. The molecule has 4 aromatic carbocycles. The summed E-state index contributed by atoms with van der Waals surface area (Å²) in [6.45, 7) is 0. The maximum absolute atomic E-state index is 12.6. The van der Waals surface area contributed by atoms with Crippen molar-refractivity contribution in [3.05, 3.63) is 90.5 Å². The molecule has 27 heavy (non-hydrogen) atoms. The van der Waals surface area contributed by atoms with E-state index in [0.717, 1.165) is 27.6 Å². The van der Waals surface area contributed by atoms with E-state index in [-0.39, 0.29) is 17.2 Å². The molecule has 1 amide bonds. The van der Waals surface area contributed by atoms with Crippen LogP contribution in [0.5, 0.6) is 5.75 Å². The van der Waals surface area contributed by atoms with Crippen LogP contribution < -0.4 is 11.1 Å². The summed E-state index contributed by atoms with van der Waals surface area (Å²) in [5.74, 6) is -0.386. The normalized spacial score (nSPS) is 10.7. The van der Waals surface area contributed by atoms with Crippen LogP contribution in [0.25, 0.3) is 21.9 Å². The van der Waals surface area contributed by atoms with Gasteiger partial charge in [-0.25, -0.2) is 0 Å². The number of hydrogen-bond acceptors (Lipinski definition) is 3. The first-order valence-electron chi connectivity index (χ1n) is 8.59. The third kappa shape index (κ3) is 3.46. The summed E-state index contributed by atoms with van der Waals surface area (Å²) in [6, 6.07) is 26.1. The molecule has 0 atom stereocenters. The number of nitrogens with one attached hydrogen (secondary N) is 1. The summed E-state index contributed by atoms with van der Waals surface area (Å²) < 4.78 is 0. The molecule has 0 aromatic heterocycles. The number of rotatable bonds is 3. The monoisotopic (exact) mass is 354 g/mol. The second-order valence-electron chi connectivity index (χ2n) is 6.37. The number of carbonyl (C=O) groups excluding carboxylic acids is 1. The van der Waals surface area contributed by atoms with Gasteiger partial charge in [0, 0.05) is 11.4 Å². The molecule has 0 spiro atoms. The number of benzene rings is 4. The van der Waals surface area contributed by atoms with Crippen molar-refractivity contribution in [1.29, 1.82) is 0 Å². The SMILES string of the molecule is Nc1ccc(-c2ccc(NC(=O)c3cc4ccccc4cc3O)cc2)cc1. The second-order valence-corrected chi connectivity index (χ2v) is 6.37. The van der Waals surface area contributed by atoms with Crippen molar-refractivity contribution in [2.45, 2.75) is 0 Å². The van der Waals surface area contributed by atoms with Gasteiger partial charge < -0.3 is 16.2 Å². The molecular weight excluding hydrogens is 336 g/mol. The maximum atomic E-state index is 12.6. The molecule has 0 saturated heterocycles. The fourth-order valence-corrected chi connectivity index (χ4v) is 3.03. The number of phenols is 1. The number of fused-ring (bicyclic) bond motifs is 1. The van der Waals surface area contributed by atoms with Crippen molar-refractivity contribution in [2.75, 3.05) is 11.1 Å². The fourth-order valence-electron chi connectivity index (χ4n) is 3.03. The Balaban J connectivity index is 1.56. The summed E-state index contributed by atoms with van der Waals surface area (Å²) in [5.41, 5.74) is 9.42. The van der Waals surface area contributed by atoms with Gasteiger partial charge in [-0.2, -0.15) is 0 Å². The van der Waals surface area contributed by atoms with Crippen LogP contribution in [0.1, 0.15) is 10.4 Å². The highest BCUT2D eigenvalue weighted by molar-refractivity contribution is 6.08. The summed E-state index contributed by atoms with van der Waals surface area (Å²) in [7, 11) is 0. The van der Waals surface area contributed by atoms with Gasteiger partial charge in [0.1, 0.15) is 5.75 Å². The molecule has 4 rings (SSSR count). The lowest BCUT2D eigenvalue weighted by Crippen LogP contribution is -2.12. The highest BCUT2D eigenvalue weighted by atomic mass is 16.3. The zero-order chi connectivity index (χ0) is 18.8. The van der Waals surface area contributed by atoms with Crippen LogP contribution in [0.15, 0.2) is 84.9 Å². The number of nitrogen functional groups attached to an aromatic ring is 1. The summed E-state index contributed by atoms with van der Waals surface area (Å²) in [5, 5.41) is 14.8. The molecule has 132 valence electrons. The van der Waals surface area contributed by atoms with Crippen LogP contribution >= 0.6 is 0 Å². The van der Waals surface area contributed by atoms with Gasteiger partial charge in [-0.15, -0.1) is 0 Å². The first kappa shape index (κ1) is 16.7. The number of carbonyl (C=O) groups is 1. The molecule has 0 aliphatic rings. The van der Waals surface area contributed by atoms with Crippen LogP contribution in [0.3, 0.4) is 0 Å². The summed E-state index contributed by atoms with van der Waals surface area (Å²) in [4.78, 5) is 12.6. The van der Waals surface area contributed by atoms with E-state index in [2.05, 4.69) is 5.32 Å². The van der Waals surface area contributed by atoms with Crippen molar-refractivity contribution >= 4 is 28.1 Å². The van der Waals surface area contributed by atoms with Gasteiger partial charge in [0.25, 0.3) is 5.91 Å². The van der Waals surface area contributed by atoms with E-state index < -0.39 is 0 Å². The first-order chi connectivity index (χ1) is 13.1. The van der Waals surface area contributed by atoms with Gasteiger partial charge in [-0.05, 0) is 58.3 Å². The van der Waals surface area contributed by atoms with Crippen molar-refractivity contribution in [1.82, 2.24) is 0 Å². The number of anilines is 2. The summed E-state index contributed by atoms with van der Waals surface area (Å²) in [6.07, 6.45) is 0. The predicted molar refractivity (Wildman–Crippen MR) is 110 cm³/mol. The predicted octanol–water partition coefficient (Wildman–Crippen LogP) is 5.05. The standard InChI is InChI=1S/C23H18N2O2/c24-19-9-5-15(6-10-19)16-7-11-20(12-8-16)25-23(27)21-13-17-3-1-2-4-18(17)14-22(21)26/h1-14,26H,24H2,(H,25,27). The Hall–Kier alpha value is -3.79. The van der Waals surface area contributed by atoms with E-state index in [4.69, 9.17) is 5.73 Å². The summed E-state index contributed by atoms with van der Waals surface area (Å²) >= 11 is 0. The van der Waals surface area contributed by atoms with Crippen molar-refractivity contribution in [3.63, 3.8) is 0 Å². The Bertz CT molecular complexity index is 1120. The van der Waals surface area contributed by atoms with E-state index in [1.165, 1.54) is 0 Å². The van der Waals surface area contributed by atoms with Crippen molar-refractivity contribution in [2.24, 2.45) is 0 Å². The molecule has 0 aliphatic carbocycles. The quantitative estimate of drug-likeness (QED) is 0.451. The third-order valence-electron chi connectivity index (χ3n) is 4.50. The average molecular weight is 354 g/mol. The molecule has 0 heterocycles. The highest BCUT2D eigenvalue weighted by Gasteiger charge is 2.13. The molecule has 0 bridgehead atoms. The largest absolute Gasteiger partial charge is 0.507 e. The lowest BCUT2D eigenvalue weighted by atomic mass is 10.0. The molecule has 4 N–H and O–H groups in total. The molecular formula is C23H18N2O2. The van der Waals surface area contributed by atoms with Crippen LogP contribution in [-0.4, -0.2) is 11.0 Å². The lowest BCUT2D eigenvalue weighted by molar-refractivity contribution is 0.102. The van der Waals surface area contributed by atoms with Gasteiger partial charge in [-0.3, -0.25) is 4.79 Å². The van der Waals surface area contributed by atoms with Crippen LogP contribution in [-0.2, 0) is 0 Å². The number of aromatic hydroxyl groups is 1. The molecule has 4 nitrogen and oxygen atoms in total. The van der Waals surface area contributed by atoms with E-state index in [0.29, 0.717) is 5.69 Å². The molecule has 0 unspecified atom stereocenters. The van der Waals surface area contributed by atoms with Gasteiger partial charge >= 0.3 is 0 Å². The van der Waals surface area contributed by atoms with Crippen LogP contribution in [0.4, 0.5) is 11.4 Å². The molecule has 0 fully saturated rings. The minimum atomic E-state index is -0.349. The van der Waals surface area contributed by atoms with Crippen LogP contribution in [0.2, 0.25) is 0 Å². The zero-order valence-corrected chi connectivity index (χ0v) is 14.5. The lowest BCUT2D eigenvalue weighted by Gasteiger charge is -2.09. The minimum Gasteiger partial charge on any atom is -0.507 e. The number of hydrogen-bond donors (Lipinski definition) is 3. The third-order valence-corrected chi connectivity index (χ3v) is 4.50. The molecule has 0 saturated carbocycles. The number of amides is 1. The smallest absolute Gasteiger partial charge is 0.259 e. The Morgan fingerprint density at radius 1 is 0.778 bits per heavy atom. The maximum Gasteiger partial charge on any atom is 0.259 e. The van der Waals surface area contributed by atoms with E-state index in [1.807, 2.05) is 72.8 Å². The average Bonchev–Trinajstić information content (AvgIpc) is 2.68. The molecule has 4 heteroatoms. The highest BCUT2D eigenvalue weighted by Crippen LogP contribution is 2.27. The van der Waals surface area contributed by atoms with Crippen LogP contribution in [0, 0.1) is 0 Å². The molecule has 0 aliphatic heterocycles. The van der Waals surface area contributed by atoms with Gasteiger partial charge in [0.15, 0.2) is 0 Å². The van der Waals surface area contributed by atoms with E-state index in [1.54, 1.807) is 12.1 Å². The Labute approximate surface area is 156 Å². The van der Waals surface area contributed by atoms with Crippen molar-refractivity contribution in [3.8, 4) is 16.9 Å². The Morgan fingerprint density at radius 2 is 1.33 bits per heavy atom. The van der Waals surface area contributed by atoms with Gasteiger partial charge in [0.2, 0.25) is 0 Å². The van der Waals surface area contributed by atoms with E-state index in [9.17, 15) is 9.90 Å². The second kappa shape index (κ2) is 6.84. The molecule has 4 aromatic rings. The van der Waals surface area contributed by atoms with Gasteiger partial charge in [0.05, 0.1) is 5.56 Å². The first-order valence-corrected chi connectivity index (χ1v) is 8.59. The number of phenolic OH excluding ortho intramolecular Hbond substituents is 1. The number of nitrogens with two attached hydrogens (primary N) is 1. The van der Waals surface area contributed by atoms with E-state index >= 15 is 0 Å². The Kier molecular flexibility index (Phi) is 4.22. The van der Waals surface area contributed by atoms with Gasteiger partial charge in [-0.1, -0.05) is 48.5 Å². The Morgan fingerprint density at radius 3 is 1.96 bits per heavy atom. The topological polar surface area (TPSA) is 75.3 Å². The zero-order valence-electron chi connectivity index (χ0n) is 14.5.